The second-order valence-electron chi connectivity index (χ2n) is 5.84. The van der Waals surface area contributed by atoms with Crippen LogP contribution in [0.4, 0.5) is 0 Å². The maximum atomic E-state index is 12.1. The number of carbonyl (C=O) groups excluding carboxylic acids is 1. The molecule has 0 spiro atoms. The Hall–Kier alpha value is -1.10. The number of carbonyl (C=O) groups is 2. The Kier molecular flexibility index (Phi) is 7.59. The van der Waals surface area contributed by atoms with Crippen molar-refractivity contribution in [3.63, 3.8) is 0 Å². The highest BCUT2D eigenvalue weighted by atomic mass is 16.4. The molecule has 3 N–H and O–H groups in total. The second kappa shape index (κ2) is 8.95. The molecule has 0 aromatic heterocycles. The Morgan fingerprint density at radius 2 is 2.15 bits per heavy atom. The number of carboxylic acid groups (broad SMARTS) is 1. The lowest BCUT2D eigenvalue weighted by molar-refractivity contribution is -0.137. The first-order valence-corrected chi connectivity index (χ1v) is 7.77. The van der Waals surface area contributed by atoms with Crippen molar-refractivity contribution in [1.82, 2.24) is 10.6 Å². The molecular weight excluding hydrogens is 256 g/mol. The third-order valence-electron chi connectivity index (χ3n) is 4.25. The molecule has 1 amide bonds. The van der Waals surface area contributed by atoms with E-state index in [0.29, 0.717) is 24.8 Å². The van der Waals surface area contributed by atoms with E-state index in [-0.39, 0.29) is 18.4 Å². The molecule has 1 aliphatic heterocycles. The maximum Gasteiger partial charge on any atom is 0.303 e. The first kappa shape index (κ1) is 17.0. The van der Waals surface area contributed by atoms with Crippen LogP contribution in [0.25, 0.3) is 0 Å². The zero-order valence-electron chi connectivity index (χ0n) is 12.7. The van der Waals surface area contributed by atoms with Crippen LogP contribution in [0.3, 0.4) is 0 Å². The predicted octanol–water partition coefficient (Wildman–Crippen LogP) is 1.77. The van der Waals surface area contributed by atoms with E-state index in [1.807, 2.05) is 0 Å². The molecular formula is C15H28N2O3. The average Bonchev–Trinajstić information content (AvgIpc) is 2.42. The predicted molar refractivity (Wildman–Crippen MR) is 78.5 cm³/mol. The van der Waals surface area contributed by atoms with Crippen LogP contribution in [0.2, 0.25) is 0 Å². The largest absolute Gasteiger partial charge is 0.481 e. The second-order valence-corrected chi connectivity index (χ2v) is 5.84. The fourth-order valence-corrected chi connectivity index (χ4v) is 2.79. The first-order chi connectivity index (χ1) is 9.54. The van der Waals surface area contributed by atoms with E-state index in [4.69, 9.17) is 5.11 Å². The summed E-state index contributed by atoms with van der Waals surface area (Å²) in [5, 5.41) is 15.0. The minimum absolute atomic E-state index is 0.0668. The molecule has 0 radical (unpaired) electrons. The van der Waals surface area contributed by atoms with Crippen molar-refractivity contribution >= 4 is 11.9 Å². The maximum absolute atomic E-state index is 12.1. The summed E-state index contributed by atoms with van der Waals surface area (Å²) in [7, 11) is 0. The van der Waals surface area contributed by atoms with Crippen molar-refractivity contribution in [3.05, 3.63) is 0 Å². The minimum atomic E-state index is -0.743. The highest BCUT2D eigenvalue weighted by molar-refractivity contribution is 5.82. The summed E-state index contributed by atoms with van der Waals surface area (Å²) in [6.45, 7) is 5.73. The lowest BCUT2D eigenvalue weighted by Crippen LogP contribution is -2.51. The number of piperidine rings is 1. The number of hydrogen-bond acceptors (Lipinski definition) is 3. The van der Waals surface area contributed by atoms with Crippen LogP contribution in [0.5, 0.6) is 0 Å². The molecule has 1 aliphatic rings. The van der Waals surface area contributed by atoms with Crippen LogP contribution in [0.1, 0.15) is 52.4 Å². The summed E-state index contributed by atoms with van der Waals surface area (Å²) in [4.78, 5) is 22.6. The highest BCUT2D eigenvalue weighted by Gasteiger charge is 2.26. The van der Waals surface area contributed by atoms with E-state index >= 15 is 0 Å². The van der Waals surface area contributed by atoms with Crippen LogP contribution in [-0.2, 0) is 9.59 Å². The van der Waals surface area contributed by atoms with E-state index in [1.165, 1.54) is 0 Å². The van der Waals surface area contributed by atoms with E-state index in [2.05, 4.69) is 24.5 Å². The standard InChI is InChI=1S/C15H28N2O3/c1-3-12(6-7-13(18)19)8-10-17-15(20)14-11(2)5-4-9-16-14/h11-12,14,16H,3-10H2,1-2H3,(H,17,20)(H,18,19). The van der Waals surface area contributed by atoms with Gasteiger partial charge in [-0.25, -0.2) is 0 Å². The summed E-state index contributed by atoms with van der Waals surface area (Å²) in [6.07, 6.45) is 4.96. The number of carboxylic acids is 1. The first-order valence-electron chi connectivity index (χ1n) is 7.77. The normalized spacial score (nSPS) is 24.1. The van der Waals surface area contributed by atoms with E-state index in [1.54, 1.807) is 0 Å². The third-order valence-corrected chi connectivity index (χ3v) is 4.25. The molecule has 5 heteroatoms. The highest BCUT2D eigenvalue weighted by Crippen LogP contribution is 2.17. The van der Waals surface area contributed by atoms with Gasteiger partial charge in [0.1, 0.15) is 0 Å². The number of aliphatic carboxylic acids is 1. The number of hydrogen-bond donors (Lipinski definition) is 3. The fourth-order valence-electron chi connectivity index (χ4n) is 2.79. The summed E-state index contributed by atoms with van der Waals surface area (Å²) in [5.74, 6) is 0.110. The van der Waals surface area contributed by atoms with Gasteiger partial charge in [-0.1, -0.05) is 20.3 Å². The SMILES string of the molecule is CCC(CCNC(=O)C1NCCCC1C)CCC(=O)O. The van der Waals surface area contributed by atoms with Crippen molar-refractivity contribution in [2.24, 2.45) is 11.8 Å². The van der Waals surface area contributed by atoms with Gasteiger partial charge in [0, 0.05) is 13.0 Å². The lowest BCUT2D eigenvalue weighted by atomic mass is 9.92. The zero-order chi connectivity index (χ0) is 15.0. The molecule has 116 valence electrons. The zero-order valence-corrected chi connectivity index (χ0v) is 12.7. The molecule has 0 aromatic carbocycles. The summed E-state index contributed by atoms with van der Waals surface area (Å²) >= 11 is 0. The number of rotatable bonds is 8. The van der Waals surface area contributed by atoms with Gasteiger partial charge in [-0.15, -0.1) is 0 Å². The monoisotopic (exact) mass is 284 g/mol. The Bertz CT molecular complexity index is 320. The van der Waals surface area contributed by atoms with Crippen molar-refractivity contribution in [1.29, 1.82) is 0 Å². The molecule has 0 bridgehead atoms. The van der Waals surface area contributed by atoms with E-state index in [9.17, 15) is 9.59 Å². The van der Waals surface area contributed by atoms with Gasteiger partial charge in [-0.3, -0.25) is 9.59 Å². The van der Waals surface area contributed by atoms with Crippen LogP contribution >= 0.6 is 0 Å². The van der Waals surface area contributed by atoms with Crippen LogP contribution in [-0.4, -0.2) is 36.1 Å². The fraction of sp³-hybridized carbons (Fsp3) is 0.867. The van der Waals surface area contributed by atoms with E-state index < -0.39 is 5.97 Å². The molecule has 20 heavy (non-hydrogen) atoms. The Morgan fingerprint density at radius 3 is 2.75 bits per heavy atom. The van der Waals surface area contributed by atoms with Crippen LogP contribution in [0, 0.1) is 11.8 Å². The molecule has 0 aliphatic carbocycles. The van der Waals surface area contributed by atoms with E-state index in [0.717, 1.165) is 32.2 Å². The molecule has 1 saturated heterocycles. The summed E-state index contributed by atoms with van der Waals surface area (Å²) in [5.41, 5.74) is 0. The van der Waals surface area contributed by atoms with Gasteiger partial charge in [-0.2, -0.15) is 0 Å². The van der Waals surface area contributed by atoms with Gasteiger partial charge in [-0.05, 0) is 44.1 Å². The third kappa shape index (κ3) is 5.90. The molecule has 3 unspecified atom stereocenters. The molecule has 1 heterocycles. The lowest BCUT2D eigenvalue weighted by Gasteiger charge is -2.29. The molecule has 5 nitrogen and oxygen atoms in total. The molecule has 1 rings (SSSR count). The Balaban J connectivity index is 2.24. The molecule has 0 saturated carbocycles. The smallest absolute Gasteiger partial charge is 0.303 e. The van der Waals surface area contributed by atoms with Gasteiger partial charge in [0.15, 0.2) is 0 Å². The Labute approximate surface area is 121 Å². The van der Waals surface area contributed by atoms with Crippen molar-refractivity contribution in [2.45, 2.75) is 58.4 Å². The van der Waals surface area contributed by atoms with Gasteiger partial charge in [0.05, 0.1) is 6.04 Å². The number of amides is 1. The minimum Gasteiger partial charge on any atom is -0.481 e. The topological polar surface area (TPSA) is 78.4 Å². The van der Waals surface area contributed by atoms with Gasteiger partial charge < -0.3 is 15.7 Å². The van der Waals surface area contributed by atoms with Crippen LogP contribution in [0.15, 0.2) is 0 Å². The van der Waals surface area contributed by atoms with Crippen molar-refractivity contribution in [2.75, 3.05) is 13.1 Å². The quantitative estimate of drug-likeness (QED) is 0.635. The average molecular weight is 284 g/mol. The number of nitrogens with one attached hydrogen (secondary N) is 2. The van der Waals surface area contributed by atoms with Crippen LogP contribution < -0.4 is 10.6 Å². The van der Waals surface area contributed by atoms with Gasteiger partial charge >= 0.3 is 5.97 Å². The molecule has 0 aromatic rings. The summed E-state index contributed by atoms with van der Waals surface area (Å²) in [6, 6.07) is -0.0668. The summed E-state index contributed by atoms with van der Waals surface area (Å²) < 4.78 is 0. The van der Waals surface area contributed by atoms with Crippen molar-refractivity contribution in [3.8, 4) is 0 Å². The van der Waals surface area contributed by atoms with Gasteiger partial charge in [0.2, 0.25) is 5.91 Å². The molecule has 1 fully saturated rings. The Morgan fingerprint density at radius 1 is 1.40 bits per heavy atom. The van der Waals surface area contributed by atoms with Crippen molar-refractivity contribution < 1.29 is 14.7 Å². The molecule has 3 atom stereocenters. The van der Waals surface area contributed by atoms with Gasteiger partial charge in [0.25, 0.3) is 0 Å².